The second-order valence-electron chi connectivity index (χ2n) is 6.44. The predicted octanol–water partition coefficient (Wildman–Crippen LogP) is 0.655. The smallest absolute Gasteiger partial charge is 0.225 e. The predicted molar refractivity (Wildman–Crippen MR) is 77.2 cm³/mol. The maximum atomic E-state index is 12.4. The standard InChI is InChI=1S/C14H24N2O2S/c1-15-7-11(8-17)6-14(15)9-16(10-14)13(18)12-2-4-19-5-3-12/h11-12,17H,2-10H2,1H3. The molecule has 0 radical (unpaired) electrons. The van der Waals surface area contributed by atoms with E-state index in [0.717, 1.165) is 50.4 Å². The number of hydrogen-bond acceptors (Lipinski definition) is 4. The minimum Gasteiger partial charge on any atom is -0.396 e. The summed E-state index contributed by atoms with van der Waals surface area (Å²) in [5.74, 6) is 3.34. The summed E-state index contributed by atoms with van der Waals surface area (Å²) in [6, 6.07) is 0. The maximum absolute atomic E-state index is 12.4. The highest BCUT2D eigenvalue weighted by atomic mass is 32.2. The molecule has 1 N–H and O–H groups in total. The normalized spacial score (nSPS) is 31.7. The fourth-order valence-electron chi connectivity index (χ4n) is 3.85. The van der Waals surface area contributed by atoms with Crippen LogP contribution in [0, 0.1) is 11.8 Å². The third-order valence-electron chi connectivity index (χ3n) is 5.12. The van der Waals surface area contributed by atoms with Crippen molar-refractivity contribution >= 4 is 17.7 Å². The molecule has 1 spiro atoms. The van der Waals surface area contributed by atoms with E-state index in [9.17, 15) is 9.90 Å². The Morgan fingerprint density at radius 1 is 1.37 bits per heavy atom. The Labute approximate surface area is 119 Å². The molecular weight excluding hydrogens is 260 g/mol. The first kappa shape index (κ1) is 13.7. The quantitative estimate of drug-likeness (QED) is 0.809. The van der Waals surface area contributed by atoms with Gasteiger partial charge in [0, 0.05) is 32.2 Å². The average Bonchev–Trinajstić information content (AvgIpc) is 2.74. The third-order valence-corrected chi connectivity index (χ3v) is 6.17. The molecule has 1 amide bonds. The van der Waals surface area contributed by atoms with Crippen molar-refractivity contribution in [2.24, 2.45) is 11.8 Å². The van der Waals surface area contributed by atoms with Gasteiger partial charge in [0.25, 0.3) is 0 Å². The number of carbonyl (C=O) groups is 1. The van der Waals surface area contributed by atoms with Crippen molar-refractivity contribution < 1.29 is 9.90 Å². The van der Waals surface area contributed by atoms with E-state index >= 15 is 0 Å². The molecule has 0 aromatic rings. The molecule has 3 rings (SSSR count). The molecule has 1 unspecified atom stereocenters. The van der Waals surface area contributed by atoms with E-state index in [0.29, 0.717) is 11.8 Å². The van der Waals surface area contributed by atoms with E-state index in [1.807, 2.05) is 11.8 Å². The van der Waals surface area contributed by atoms with Gasteiger partial charge in [0.15, 0.2) is 0 Å². The number of amides is 1. The van der Waals surface area contributed by atoms with E-state index in [1.54, 1.807) is 0 Å². The van der Waals surface area contributed by atoms with Crippen molar-refractivity contribution in [2.45, 2.75) is 24.8 Å². The number of aliphatic hydroxyl groups is 1. The zero-order valence-electron chi connectivity index (χ0n) is 11.7. The number of thioether (sulfide) groups is 1. The van der Waals surface area contributed by atoms with Crippen LogP contribution in [0.3, 0.4) is 0 Å². The van der Waals surface area contributed by atoms with Crippen LogP contribution in [0.4, 0.5) is 0 Å². The van der Waals surface area contributed by atoms with Crippen molar-refractivity contribution in [1.82, 2.24) is 9.80 Å². The molecule has 0 aromatic carbocycles. The zero-order chi connectivity index (χ0) is 13.5. The Morgan fingerprint density at radius 3 is 2.63 bits per heavy atom. The summed E-state index contributed by atoms with van der Waals surface area (Å²) in [5.41, 5.74) is 0.173. The van der Waals surface area contributed by atoms with Crippen molar-refractivity contribution in [1.29, 1.82) is 0 Å². The van der Waals surface area contributed by atoms with Gasteiger partial charge in [-0.15, -0.1) is 0 Å². The molecule has 0 aromatic heterocycles. The zero-order valence-corrected chi connectivity index (χ0v) is 12.5. The lowest BCUT2D eigenvalue weighted by Crippen LogP contribution is -2.68. The third kappa shape index (κ3) is 2.41. The number of rotatable bonds is 2. The van der Waals surface area contributed by atoms with E-state index in [-0.39, 0.29) is 18.1 Å². The minimum absolute atomic E-state index is 0.173. The molecule has 4 nitrogen and oxygen atoms in total. The lowest BCUT2D eigenvalue weighted by atomic mass is 9.83. The first-order chi connectivity index (χ1) is 9.14. The van der Waals surface area contributed by atoms with Crippen LogP contribution in [-0.4, -0.2) is 71.1 Å². The van der Waals surface area contributed by atoms with Crippen LogP contribution in [0.1, 0.15) is 19.3 Å². The van der Waals surface area contributed by atoms with Crippen molar-refractivity contribution in [2.75, 3.05) is 44.8 Å². The second-order valence-corrected chi connectivity index (χ2v) is 7.66. The fraction of sp³-hybridized carbons (Fsp3) is 0.929. The number of hydrogen-bond donors (Lipinski definition) is 1. The highest BCUT2D eigenvalue weighted by molar-refractivity contribution is 7.99. The molecule has 1 atom stereocenters. The maximum Gasteiger partial charge on any atom is 0.225 e. The highest BCUT2D eigenvalue weighted by Crippen LogP contribution is 2.40. The van der Waals surface area contributed by atoms with Crippen LogP contribution in [-0.2, 0) is 4.79 Å². The molecule has 5 heteroatoms. The summed E-state index contributed by atoms with van der Waals surface area (Å²) in [6.07, 6.45) is 3.16. The number of likely N-dealkylation sites (N-methyl/N-ethyl adjacent to an activating group) is 1. The van der Waals surface area contributed by atoms with Gasteiger partial charge in [-0.1, -0.05) is 0 Å². The van der Waals surface area contributed by atoms with E-state index < -0.39 is 0 Å². The molecule has 0 saturated carbocycles. The SMILES string of the molecule is CN1CC(CO)CC12CN(C(=O)C1CCSCC1)C2. The van der Waals surface area contributed by atoms with Gasteiger partial charge in [0.1, 0.15) is 0 Å². The molecule has 3 heterocycles. The lowest BCUT2D eigenvalue weighted by Gasteiger charge is -2.53. The molecule has 19 heavy (non-hydrogen) atoms. The Balaban J connectivity index is 1.55. The first-order valence-corrected chi connectivity index (χ1v) is 8.49. The van der Waals surface area contributed by atoms with Crippen LogP contribution >= 0.6 is 11.8 Å². The number of carbonyl (C=O) groups excluding carboxylic acids is 1. The lowest BCUT2D eigenvalue weighted by molar-refractivity contribution is -0.148. The molecule has 108 valence electrons. The Hall–Kier alpha value is -0.260. The molecule has 0 aliphatic carbocycles. The molecule has 0 bridgehead atoms. The van der Waals surface area contributed by atoms with Crippen molar-refractivity contribution in [3.63, 3.8) is 0 Å². The second kappa shape index (κ2) is 5.26. The van der Waals surface area contributed by atoms with Crippen LogP contribution in [0.2, 0.25) is 0 Å². The summed E-state index contributed by atoms with van der Waals surface area (Å²) in [7, 11) is 2.13. The Bertz CT molecular complexity index is 351. The summed E-state index contributed by atoms with van der Waals surface area (Å²) < 4.78 is 0. The summed E-state index contributed by atoms with van der Waals surface area (Å²) >= 11 is 1.97. The molecule has 3 saturated heterocycles. The minimum atomic E-state index is 0.173. The van der Waals surface area contributed by atoms with Gasteiger partial charge in [-0.2, -0.15) is 11.8 Å². The van der Waals surface area contributed by atoms with Gasteiger partial charge < -0.3 is 10.0 Å². The van der Waals surface area contributed by atoms with E-state index in [1.165, 1.54) is 0 Å². The number of aliphatic hydroxyl groups excluding tert-OH is 1. The Morgan fingerprint density at radius 2 is 2.05 bits per heavy atom. The highest BCUT2D eigenvalue weighted by Gasteiger charge is 2.53. The van der Waals surface area contributed by atoms with Crippen molar-refractivity contribution in [3.8, 4) is 0 Å². The van der Waals surface area contributed by atoms with Gasteiger partial charge in [-0.3, -0.25) is 9.69 Å². The monoisotopic (exact) mass is 284 g/mol. The average molecular weight is 284 g/mol. The Kier molecular flexibility index (Phi) is 3.80. The van der Waals surface area contributed by atoms with Gasteiger partial charge in [-0.25, -0.2) is 0 Å². The molecule has 3 aliphatic rings. The van der Waals surface area contributed by atoms with Gasteiger partial charge >= 0.3 is 0 Å². The fourth-order valence-corrected chi connectivity index (χ4v) is 4.96. The van der Waals surface area contributed by atoms with Crippen LogP contribution in [0.15, 0.2) is 0 Å². The topological polar surface area (TPSA) is 43.8 Å². The molecular formula is C14H24N2O2S. The van der Waals surface area contributed by atoms with Gasteiger partial charge in [0.2, 0.25) is 5.91 Å². The van der Waals surface area contributed by atoms with Crippen LogP contribution in [0.5, 0.6) is 0 Å². The number of nitrogens with zero attached hydrogens (tertiary/aromatic N) is 2. The van der Waals surface area contributed by atoms with E-state index in [4.69, 9.17) is 0 Å². The molecule has 3 aliphatic heterocycles. The summed E-state index contributed by atoms with van der Waals surface area (Å²) in [5, 5.41) is 9.31. The summed E-state index contributed by atoms with van der Waals surface area (Å²) in [4.78, 5) is 16.8. The van der Waals surface area contributed by atoms with Gasteiger partial charge in [0.05, 0.1) is 5.54 Å². The van der Waals surface area contributed by atoms with Gasteiger partial charge in [-0.05, 0) is 43.7 Å². The van der Waals surface area contributed by atoms with E-state index in [2.05, 4.69) is 16.8 Å². The van der Waals surface area contributed by atoms with Crippen molar-refractivity contribution in [3.05, 3.63) is 0 Å². The first-order valence-electron chi connectivity index (χ1n) is 7.33. The molecule has 3 fully saturated rings. The van der Waals surface area contributed by atoms with Crippen LogP contribution in [0.25, 0.3) is 0 Å². The summed E-state index contributed by atoms with van der Waals surface area (Å²) in [6.45, 7) is 3.00. The largest absolute Gasteiger partial charge is 0.396 e. The van der Waals surface area contributed by atoms with Crippen LogP contribution < -0.4 is 0 Å². The number of likely N-dealkylation sites (tertiary alicyclic amines) is 2.